The first-order chi connectivity index (χ1) is 15.7. The van der Waals surface area contributed by atoms with Crippen LogP contribution in [0, 0.1) is 0 Å². The summed E-state index contributed by atoms with van der Waals surface area (Å²) in [6, 6.07) is 19.9. The van der Waals surface area contributed by atoms with Gasteiger partial charge in [0.25, 0.3) is 5.91 Å². The number of imidazole rings is 1. The third-order valence-corrected chi connectivity index (χ3v) is 5.19. The monoisotopic (exact) mass is 427 g/mol. The van der Waals surface area contributed by atoms with Crippen molar-refractivity contribution in [3.05, 3.63) is 90.4 Å². The summed E-state index contributed by atoms with van der Waals surface area (Å²) in [5.41, 5.74) is 3.59. The standard InChI is InChI=1S/C24H21N5O3/c30-23(27-18-7-9-20(10-8-18)29-13-11-25-24(29)31)17-4-3-5-21(14-17)32-16-19-15-28-12-2-1-6-22(28)26-19/h1-10,12,14-15H,11,13,16H2,(H,25,31)(H,27,30). The summed E-state index contributed by atoms with van der Waals surface area (Å²) in [4.78, 5) is 30.6. The molecule has 32 heavy (non-hydrogen) atoms. The first-order valence-corrected chi connectivity index (χ1v) is 10.3. The van der Waals surface area contributed by atoms with E-state index in [1.165, 1.54) is 0 Å². The van der Waals surface area contributed by atoms with Gasteiger partial charge in [0.1, 0.15) is 18.0 Å². The van der Waals surface area contributed by atoms with Crippen LogP contribution in [-0.2, 0) is 6.61 Å². The Morgan fingerprint density at radius 3 is 2.75 bits per heavy atom. The number of carbonyl (C=O) groups is 2. The zero-order chi connectivity index (χ0) is 21.9. The van der Waals surface area contributed by atoms with Crippen molar-refractivity contribution in [2.75, 3.05) is 23.3 Å². The molecule has 0 bridgehead atoms. The summed E-state index contributed by atoms with van der Waals surface area (Å²) in [7, 11) is 0. The molecule has 0 atom stereocenters. The number of anilines is 2. The van der Waals surface area contributed by atoms with Crippen LogP contribution in [-0.4, -0.2) is 34.4 Å². The molecule has 160 valence electrons. The minimum Gasteiger partial charge on any atom is -0.487 e. The third-order valence-electron chi connectivity index (χ3n) is 5.19. The molecule has 1 aliphatic rings. The average molecular weight is 427 g/mol. The Bertz CT molecular complexity index is 1250. The molecule has 5 rings (SSSR count). The Labute approximate surface area is 184 Å². The number of ether oxygens (including phenoxy) is 1. The van der Waals surface area contributed by atoms with Gasteiger partial charge in [-0.2, -0.15) is 0 Å². The van der Waals surface area contributed by atoms with Crippen molar-refractivity contribution in [1.82, 2.24) is 14.7 Å². The van der Waals surface area contributed by atoms with Gasteiger partial charge in [-0.05, 0) is 54.6 Å². The van der Waals surface area contributed by atoms with Crippen LogP contribution >= 0.6 is 0 Å². The van der Waals surface area contributed by atoms with Crippen molar-refractivity contribution in [3.8, 4) is 5.75 Å². The maximum Gasteiger partial charge on any atom is 0.321 e. The normalized spacial score (nSPS) is 13.2. The van der Waals surface area contributed by atoms with Crippen LogP contribution in [0.15, 0.2) is 79.1 Å². The number of hydrogen-bond donors (Lipinski definition) is 2. The number of rotatable bonds is 6. The molecule has 0 unspecified atom stereocenters. The first-order valence-electron chi connectivity index (χ1n) is 10.3. The Morgan fingerprint density at radius 1 is 1.09 bits per heavy atom. The zero-order valence-corrected chi connectivity index (χ0v) is 17.2. The summed E-state index contributed by atoms with van der Waals surface area (Å²) >= 11 is 0. The van der Waals surface area contributed by atoms with Crippen molar-refractivity contribution in [2.45, 2.75) is 6.61 Å². The van der Waals surface area contributed by atoms with E-state index in [2.05, 4.69) is 15.6 Å². The highest BCUT2D eigenvalue weighted by molar-refractivity contribution is 6.04. The fourth-order valence-electron chi connectivity index (χ4n) is 3.59. The number of benzene rings is 2. The highest BCUT2D eigenvalue weighted by atomic mass is 16.5. The second-order valence-electron chi connectivity index (χ2n) is 7.40. The Balaban J connectivity index is 1.22. The summed E-state index contributed by atoms with van der Waals surface area (Å²) in [5.74, 6) is 0.347. The molecule has 4 aromatic rings. The molecule has 8 heteroatoms. The highest BCUT2D eigenvalue weighted by Gasteiger charge is 2.20. The quantitative estimate of drug-likeness (QED) is 0.491. The second kappa shape index (κ2) is 8.43. The van der Waals surface area contributed by atoms with E-state index in [0.717, 1.165) is 17.0 Å². The van der Waals surface area contributed by atoms with E-state index in [1.807, 2.05) is 53.2 Å². The SMILES string of the molecule is O=C(Nc1ccc(N2CCNC2=O)cc1)c1cccc(OCc2cn3ccccc3n2)c1. The molecule has 0 radical (unpaired) electrons. The van der Waals surface area contributed by atoms with E-state index in [9.17, 15) is 9.59 Å². The summed E-state index contributed by atoms with van der Waals surface area (Å²) in [6.45, 7) is 1.57. The largest absolute Gasteiger partial charge is 0.487 e. The molecule has 0 aliphatic carbocycles. The molecular weight excluding hydrogens is 406 g/mol. The molecule has 3 amide bonds. The maximum atomic E-state index is 12.7. The Hall–Kier alpha value is -4.33. The van der Waals surface area contributed by atoms with Gasteiger partial charge in [-0.1, -0.05) is 12.1 Å². The van der Waals surface area contributed by atoms with Crippen molar-refractivity contribution < 1.29 is 14.3 Å². The molecular formula is C24H21N5O3. The van der Waals surface area contributed by atoms with Crippen LogP contribution in [0.5, 0.6) is 5.75 Å². The lowest BCUT2D eigenvalue weighted by Crippen LogP contribution is -2.27. The lowest BCUT2D eigenvalue weighted by atomic mass is 10.2. The molecule has 0 spiro atoms. The number of carbonyl (C=O) groups excluding carboxylic acids is 2. The molecule has 8 nitrogen and oxygen atoms in total. The van der Waals surface area contributed by atoms with Gasteiger partial charge in [0, 0.05) is 42.4 Å². The van der Waals surface area contributed by atoms with Gasteiger partial charge in [-0.15, -0.1) is 0 Å². The average Bonchev–Trinajstić information content (AvgIpc) is 3.44. The van der Waals surface area contributed by atoms with Crippen LogP contribution in [0.25, 0.3) is 5.65 Å². The molecule has 2 aromatic heterocycles. The van der Waals surface area contributed by atoms with Gasteiger partial charge in [0.15, 0.2) is 0 Å². The number of hydrogen-bond acceptors (Lipinski definition) is 4. The minimum atomic E-state index is -0.241. The maximum absolute atomic E-state index is 12.7. The Morgan fingerprint density at radius 2 is 1.97 bits per heavy atom. The van der Waals surface area contributed by atoms with Gasteiger partial charge in [0.05, 0.1) is 5.69 Å². The van der Waals surface area contributed by atoms with Gasteiger partial charge >= 0.3 is 6.03 Å². The smallest absolute Gasteiger partial charge is 0.321 e. The predicted octanol–water partition coefficient (Wildman–Crippen LogP) is 3.70. The highest BCUT2D eigenvalue weighted by Crippen LogP contribution is 2.21. The van der Waals surface area contributed by atoms with E-state index in [1.54, 1.807) is 35.2 Å². The number of nitrogens with one attached hydrogen (secondary N) is 2. The van der Waals surface area contributed by atoms with Crippen LogP contribution in [0.1, 0.15) is 16.1 Å². The van der Waals surface area contributed by atoms with E-state index in [4.69, 9.17) is 4.74 Å². The molecule has 2 aromatic carbocycles. The van der Waals surface area contributed by atoms with Crippen molar-refractivity contribution in [2.24, 2.45) is 0 Å². The molecule has 1 fully saturated rings. The third kappa shape index (κ3) is 4.11. The molecule has 0 saturated carbocycles. The fourth-order valence-corrected chi connectivity index (χ4v) is 3.59. The van der Waals surface area contributed by atoms with Crippen molar-refractivity contribution >= 4 is 29.0 Å². The molecule has 1 aliphatic heterocycles. The van der Waals surface area contributed by atoms with E-state index >= 15 is 0 Å². The van der Waals surface area contributed by atoms with Crippen LogP contribution < -0.4 is 20.3 Å². The minimum absolute atomic E-state index is 0.109. The van der Waals surface area contributed by atoms with Crippen LogP contribution in [0.2, 0.25) is 0 Å². The second-order valence-corrected chi connectivity index (χ2v) is 7.40. The summed E-state index contributed by atoms with van der Waals surface area (Å²) < 4.78 is 7.78. The molecule has 3 heterocycles. The van der Waals surface area contributed by atoms with E-state index in [-0.39, 0.29) is 11.9 Å². The van der Waals surface area contributed by atoms with Crippen molar-refractivity contribution in [3.63, 3.8) is 0 Å². The van der Waals surface area contributed by atoms with E-state index < -0.39 is 0 Å². The topological polar surface area (TPSA) is 88.0 Å². The Kier molecular flexibility index (Phi) is 5.17. The lowest BCUT2D eigenvalue weighted by Gasteiger charge is -2.14. The number of fused-ring (bicyclic) bond motifs is 1. The number of nitrogens with zero attached hydrogens (tertiary/aromatic N) is 3. The first kappa shape index (κ1) is 19.6. The number of pyridine rings is 1. The predicted molar refractivity (Wildman–Crippen MR) is 121 cm³/mol. The number of amides is 3. The van der Waals surface area contributed by atoms with Crippen molar-refractivity contribution in [1.29, 1.82) is 0 Å². The van der Waals surface area contributed by atoms with Gasteiger partial charge < -0.3 is 19.8 Å². The fraction of sp³-hybridized carbons (Fsp3) is 0.125. The van der Waals surface area contributed by atoms with Gasteiger partial charge in [-0.3, -0.25) is 9.69 Å². The zero-order valence-electron chi connectivity index (χ0n) is 17.2. The van der Waals surface area contributed by atoms with Gasteiger partial charge in [-0.25, -0.2) is 9.78 Å². The summed E-state index contributed by atoms with van der Waals surface area (Å²) in [5, 5.41) is 5.65. The van der Waals surface area contributed by atoms with E-state index in [0.29, 0.717) is 36.7 Å². The summed E-state index contributed by atoms with van der Waals surface area (Å²) in [6.07, 6.45) is 3.85. The molecule has 1 saturated heterocycles. The molecule has 2 N–H and O–H groups in total. The van der Waals surface area contributed by atoms with Crippen LogP contribution in [0.3, 0.4) is 0 Å². The lowest BCUT2D eigenvalue weighted by molar-refractivity contribution is 0.102. The number of aromatic nitrogens is 2. The van der Waals surface area contributed by atoms with Gasteiger partial charge in [0.2, 0.25) is 0 Å². The van der Waals surface area contributed by atoms with Crippen LogP contribution in [0.4, 0.5) is 16.2 Å². The number of urea groups is 1.